The average molecular weight is 198 g/mol. The smallest absolute Gasteiger partial charge is 0.229 e. The summed E-state index contributed by atoms with van der Waals surface area (Å²) in [5.74, 6) is 1.71. The monoisotopic (exact) mass is 198 g/mol. The minimum absolute atomic E-state index is 0.236. The Kier molecular flexibility index (Phi) is 3.63. The van der Waals surface area contributed by atoms with Crippen molar-refractivity contribution < 1.29 is 9.63 Å². The van der Waals surface area contributed by atoms with E-state index < -0.39 is 6.10 Å². The van der Waals surface area contributed by atoms with Crippen LogP contribution in [0.15, 0.2) is 4.52 Å². The van der Waals surface area contributed by atoms with Gasteiger partial charge < -0.3 is 9.63 Å². The van der Waals surface area contributed by atoms with E-state index in [4.69, 9.17) is 4.52 Å². The third-order valence-electron chi connectivity index (χ3n) is 2.53. The van der Waals surface area contributed by atoms with Gasteiger partial charge in [-0.25, -0.2) is 0 Å². The van der Waals surface area contributed by atoms with Gasteiger partial charge in [-0.3, -0.25) is 0 Å². The lowest BCUT2D eigenvalue weighted by molar-refractivity contribution is 0.159. The van der Waals surface area contributed by atoms with Crippen LogP contribution >= 0.6 is 0 Å². The first kappa shape index (κ1) is 11.2. The van der Waals surface area contributed by atoms with Gasteiger partial charge >= 0.3 is 0 Å². The number of aromatic nitrogens is 2. The summed E-state index contributed by atoms with van der Waals surface area (Å²) >= 11 is 0. The molecule has 1 rings (SSSR count). The van der Waals surface area contributed by atoms with E-state index in [1.165, 1.54) is 0 Å². The van der Waals surface area contributed by atoms with Gasteiger partial charge in [0.15, 0.2) is 5.82 Å². The van der Waals surface area contributed by atoms with Crippen LogP contribution in [0.25, 0.3) is 0 Å². The van der Waals surface area contributed by atoms with Gasteiger partial charge in [0.1, 0.15) is 6.10 Å². The number of nitrogens with zero attached hydrogens (tertiary/aromatic N) is 2. The highest BCUT2D eigenvalue weighted by Crippen LogP contribution is 2.23. The van der Waals surface area contributed by atoms with Gasteiger partial charge in [0.2, 0.25) is 5.89 Å². The molecule has 0 amide bonds. The van der Waals surface area contributed by atoms with E-state index in [1.807, 2.05) is 13.8 Å². The molecule has 1 heterocycles. The minimum Gasteiger partial charge on any atom is -0.385 e. The normalized spacial score (nSPS) is 15.9. The van der Waals surface area contributed by atoms with Crippen LogP contribution in [0, 0.1) is 5.92 Å². The molecule has 0 saturated carbocycles. The Bertz CT molecular complexity index is 283. The van der Waals surface area contributed by atoms with Crippen molar-refractivity contribution in [3.05, 3.63) is 11.7 Å². The summed E-state index contributed by atoms with van der Waals surface area (Å²) < 4.78 is 5.09. The number of rotatable bonds is 4. The highest BCUT2D eigenvalue weighted by atomic mass is 16.5. The first-order valence-electron chi connectivity index (χ1n) is 5.07. The molecule has 2 atom stereocenters. The summed E-state index contributed by atoms with van der Waals surface area (Å²) in [5.41, 5.74) is 0. The summed E-state index contributed by atoms with van der Waals surface area (Å²) in [4.78, 5) is 4.17. The third kappa shape index (κ3) is 2.32. The van der Waals surface area contributed by atoms with Crippen LogP contribution in [-0.4, -0.2) is 15.2 Å². The molecule has 4 nitrogen and oxygen atoms in total. The van der Waals surface area contributed by atoms with Crippen molar-refractivity contribution >= 4 is 0 Å². The molecule has 1 aromatic heterocycles. The van der Waals surface area contributed by atoms with Gasteiger partial charge in [-0.2, -0.15) is 4.98 Å². The maximum Gasteiger partial charge on any atom is 0.229 e. The molecule has 0 aliphatic carbocycles. The highest BCUT2D eigenvalue weighted by Gasteiger charge is 2.19. The minimum atomic E-state index is -0.605. The van der Waals surface area contributed by atoms with Crippen molar-refractivity contribution in [2.45, 2.75) is 46.1 Å². The van der Waals surface area contributed by atoms with Crippen LogP contribution in [-0.2, 0) is 0 Å². The zero-order chi connectivity index (χ0) is 10.7. The number of hydrogen-bond donors (Lipinski definition) is 1. The van der Waals surface area contributed by atoms with Crippen LogP contribution in [0.3, 0.4) is 0 Å². The van der Waals surface area contributed by atoms with Crippen LogP contribution in [0.2, 0.25) is 0 Å². The van der Waals surface area contributed by atoms with E-state index in [0.29, 0.717) is 24.1 Å². The lowest BCUT2D eigenvalue weighted by atomic mass is 9.98. The van der Waals surface area contributed by atoms with Crippen LogP contribution in [0.1, 0.15) is 57.9 Å². The number of aliphatic hydroxyl groups excluding tert-OH is 1. The van der Waals surface area contributed by atoms with Gasteiger partial charge in [0.05, 0.1) is 0 Å². The average Bonchev–Trinajstić information content (AvgIpc) is 2.64. The van der Waals surface area contributed by atoms with E-state index in [2.05, 4.69) is 24.0 Å². The fourth-order valence-electron chi connectivity index (χ4n) is 1.04. The fourth-order valence-corrected chi connectivity index (χ4v) is 1.04. The lowest BCUT2D eigenvalue weighted by Gasteiger charge is -2.09. The topological polar surface area (TPSA) is 59.2 Å². The first-order valence-corrected chi connectivity index (χ1v) is 5.07. The molecule has 0 aliphatic heterocycles. The summed E-state index contributed by atoms with van der Waals surface area (Å²) in [5, 5.41) is 13.2. The standard InChI is InChI=1S/C10H18N2O2/c1-5-8(13)9-11-10(14-12-9)7(4)6(2)3/h6-8,13H,5H2,1-4H3. The van der Waals surface area contributed by atoms with Crippen LogP contribution < -0.4 is 0 Å². The Morgan fingerprint density at radius 3 is 2.50 bits per heavy atom. The quantitative estimate of drug-likeness (QED) is 0.806. The van der Waals surface area contributed by atoms with Gasteiger partial charge in [-0.15, -0.1) is 0 Å². The highest BCUT2D eigenvalue weighted by molar-refractivity contribution is 4.95. The Balaban J connectivity index is 2.77. The largest absolute Gasteiger partial charge is 0.385 e. The summed E-state index contributed by atoms with van der Waals surface area (Å²) in [6, 6.07) is 0. The van der Waals surface area contributed by atoms with Crippen LogP contribution in [0.4, 0.5) is 0 Å². The zero-order valence-corrected chi connectivity index (χ0v) is 9.19. The molecule has 2 unspecified atom stereocenters. The van der Waals surface area contributed by atoms with E-state index in [0.717, 1.165) is 0 Å². The molecular formula is C10H18N2O2. The summed E-state index contributed by atoms with van der Waals surface area (Å²) in [6.45, 7) is 8.13. The summed E-state index contributed by atoms with van der Waals surface area (Å²) in [7, 11) is 0. The Morgan fingerprint density at radius 2 is 2.00 bits per heavy atom. The lowest BCUT2D eigenvalue weighted by Crippen LogP contribution is -2.03. The van der Waals surface area contributed by atoms with Gasteiger partial charge in [-0.05, 0) is 12.3 Å². The van der Waals surface area contributed by atoms with Crippen molar-refractivity contribution in [2.75, 3.05) is 0 Å². The molecule has 0 aliphatic rings. The number of aliphatic hydroxyl groups is 1. The van der Waals surface area contributed by atoms with E-state index in [-0.39, 0.29) is 5.92 Å². The maximum absolute atomic E-state index is 9.48. The molecule has 14 heavy (non-hydrogen) atoms. The SMILES string of the molecule is CCC(O)c1noc(C(C)C(C)C)n1. The molecule has 0 bridgehead atoms. The predicted octanol–water partition coefficient (Wildman–Crippen LogP) is 2.27. The Morgan fingerprint density at radius 1 is 1.36 bits per heavy atom. The Labute approximate surface area is 84.3 Å². The molecule has 0 radical (unpaired) electrons. The summed E-state index contributed by atoms with van der Waals surface area (Å²) in [6.07, 6.45) is 0.00143. The van der Waals surface area contributed by atoms with Crippen molar-refractivity contribution in [1.82, 2.24) is 10.1 Å². The maximum atomic E-state index is 9.48. The van der Waals surface area contributed by atoms with Gasteiger partial charge in [0, 0.05) is 5.92 Å². The molecule has 80 valence electrons. The first-order chi connectivity index (χ1) is 6.56. The van der Waals surface area contributed by atoms with Crippen molar-refractivity contribution in [1.29, 1.82) is 0 Å². The second kappa shape index (κ2) is 4.55. The van der Waals surface area contributed by atoms with Crippen LogP contribution in [0.5, 0.6) is 0 Å². The molecule has 0 fully saturated rings. The fraction of sp³-hybridized carbons (Fsp3) is 0.800. The molecule has 0 saturated heterocycles. The van der Waals surface area contributed by atoms with Gasteiger partial charge in [-0.1, -0.05) is 32.9 Å². The zero-order valence-electron chi connectivity index (χ0n) is 9.19. The van der Waals surface area contributed by atoms with Crippen molar-refractivity contribution in [3.8, 4) is 0 Å². The van der Waals surface area contributed by atoms with Crippen molar-refractivity contribution in [2.24, 2.45) is 5.92 Å². The molecule has 1 N–H and O–H groups in total. The Hall–Kier alpha value is -0.900. The van der Waals surface area contributed by atoms with Crippen molar-refractivity contribution in [3.63, 3.8) is 0 Å². The number of hydrogen-bond acceptors (Lipinski definition) is 4. The van der Waals surface area contributed by atoms with E-state index in [9.17, 15) is 5.11 Å². The second-order valence-electron chi connectivity index (χ2n) is 3.95. The van der Waals surface area contributed by atoms with E-state index >= 15 is 0 Å². The molecule has 0 aromatic carbocycles. The molecular weight excluding hydrogens is 180 g/mol. The molecule has 1 aromatic rings. The van der Waals surface area contributed by atoms with E-state index in [1.54, 1.807) is 0 Å². The predicted molar refractivity (Wildman–Crippen MR) is 52.8 cm³/mol. The molecule has 0 spiro atoms. The third-order valence-corrected chi connectivity index (χ3v) is 2.53. The molecule has 4 heteroatoms. The second-order valence-corrected chi connectivity index (χ2v) is 3.95. The van der Waals surface area contributed by atoms with Gasteiger partial charge in [0.25, 0.3) is 0 Å².